The van der Waals surface area contributed by atoms with Crippen LogP contribution in [0.15, 0.2) is 22.7 Å². The van der Waals surface area contributed by atoms with Gasteiger partial charge < -0.3 is 0 Å². The molecule has 0 fully saturated rings. The van der Waals surface area contributed by atoms with Gasteiger partial charge in [0.25, 0.3) is 0 Å². The standard InChI is InChI=1S/C7H6BrFS/c8-6-1-5(4-10)2-7(9)3-6/h1-3,10H,4H2. The van der Waals surface area contributed by atoms with Crippen LogP contribution in [-0.2, 0) is 5.75 Å². The minimum absolute atomic E-state index is 0.224. The lowest BCUT2D eigenvalue weighted by atomic mass is 10.2. The maximum absolute atomic E-state index is 12.6. The molecule has 0 spiro atoms. The topological polar surface area (TPSA) is 0 Å². The lowest BCUT2D eigenvalue weighted by Crippen LogP contribution is -1.80. The van der Waals surface area contributed by atoms with E-state index >= 15 is 0 Å². The fourth-order valence-electron chi connectivity index (χ4n) is 0.702. The Labute approximate surface area is 73.0 Å². The zero-order valence-corrected chi connectivity index (χ0v) is 7.62. The molecular formula is C7H6BrFS. The Hall–Kier alpha value is -0.0200. The van der Waals surface area contributed by atoms with Crippen LogP contribution in [0.4, 0.5) is 4.39 Å². The smallest absolute Gasteiger partial charge is 0.124 e. The summed E-state index contributed by atoms with van der Waals surface area (Å²) in [6.07, 6.45) is 0. The molecule has 1 aromatic carbocycles. The highest BCUT2D eigenvalue weighted by Crippen LogP contribution is 2.15. The van der Waals surface area contributed by atoms with Gasteiger partial charge >= 0.3 is 0 Å². The maximum atomic E-state index is 12.6. The monoisotopic (exact) mass is 220 g/mol. The molecule has 10 heavy (non-hydrogen) atoms. The van der Waals surface area contributed by atoms with Gasteiger partial charge in [0.05, 0.1) is 0 Å². The molecule has 0 bridgehead atoms. The molecule has 0 saturated heterocycles. The van der Waals surface area contributed by atoms with E-state index in [9.17, 15) is 4.39 Å². The first kappa shape index (κ1) is 8.08. The average Bonchev–Trinajstić information content (AvgIpc) is 1.85. The molecule has 0 aliphatic rings. The van der Waals surface area contributed by atoms with E-state index in [4.69, 9.17) is 0 Å². The van der Waals surface area contributed by atoms with Crippen LogP contribution in [0.2, 0.25) is 0 Å². The molecule has 0 aromatic heterocycles. The van der Waals surface area contributed by atoms with Gasteiger partial charge in [-0.2, -0.15) is 12.6 Å². The Bertz CT molecular complexity index is 217. The Kier molecular flexibility index (Phi) is 2.74. The first-order valence-electron chi connectivity index (χ1n) is 2.78. The van der Waals surface area contributed by atoms with Crippen LogP contribution < -0.4 is 0 Å². The van der Waals surface area contributed by atoms with Gasteiger partial charge in [-0.05, 0) is 23.8 Å². The van der Waals surface area contributed by atoms with Crippen molar-refractivity contribution >= 4 is 28.6 Å². The highest BCUT2D eigenvalue weighted by Gasteiger charge is 1.95. The van der Waals surface area contributed by atoms with Crippen molar-refractivity contribution in [2.45, 2.75) is 5.75 Å². The lowest BCUT2D eigenvalue weighted by molar-refractivity contribution is 0.625. The number of hydrogen-bond acceptors (Lipinski definition) is 1. The molecule has 0 N–H and O–H groups in total. The molecule has 0 atom stereocenters. The minimum atomic E-state index is -0.224. The second kappa shape index (κ2) is 3.39. The SMILES string of the molecule is Fc1cc(Br)cc(CS)c1. The van der Waals surface area contributed by atoms with E-state index in [0.717, 1.165) is 10.0 Å². The molecule has 0 unspecified atom stereocenters. The largest absolute Gasteiger partial charge is 0.207 e. The predicted octanol–water partition coefficient (Wildman–Crippen LogP) is 3.02. The molecule has 3 heteroatoms. The van der Waals surface area contributed by atoms with Gasteiger partial charge in [-0.25, -0.2) is 4.39 Å². The zero-order chi connectivity index (χ0) is 7.56. The number of rotatable bonds is 1. The lowest BCUT2D eigenvalue weighted by Gasteiger charge is -1.96. The Balaban J connectivity index is 3.06. The first-order chi connectivity index (χ1) is 4.72. The van der Waals surface area contributed by atoms with E-state index in [2.05, 4.69) is 28.6 Å². The Morgan fingerprint density at radius 3 is 2.60 bits per heavy atom. The van der Waals surface area contributed by atoms with Crippen LogP contribution >= 0.6 is 28.6 Å². The summed E-state index contributed by atoms with van der Waals surface area (Å²) in [4.78, 5) is 0. The summed E-state index contributed by atoms with van der Waals surface area (Å²) in [5.74, 6) is 0.342. The molecule has 0 saturated carbocycles. The van der Waals surface area contributed by atoms with Gasteiger partial charge in [-0.15, -0.1) is 0 Å². The summed E-state index contributed by atoms with van der Waals surface area (Å²) < 4.78 is 13.3. The third-order valence-electron chi connectivity index (χ3n) is 1.10. The van der Waals surface area contributed by atoms with Gasteiger partial charge in [-0.1, -0.05) is 15.9 Å². The van der Waals surface area contributed by atoms with E-state index in [1.807, 2.05) is 6.07 Å². The number of benzene rings is 1. The molecule has 1 aromatic rings. The second-order valence-corrected chi connectivity index (χ2v) is 3.17. The summed E-state index contributed by atoms with van der Waals surface area (Å²) >= 11 is 7.20. The second-order valence-electron chi connectivity index (χ2n) is 1.94. The fourth-order valence-corrected chi connectivity index (χ4v) is 1.40. The molecule has 54 valence electrons. The molecule has 0 nitrogen and oxygen atoms in total. The van der Waals surface area contributed by atoms with Gasteiger partial charge in [0.1, 0.15) is 5.82 Å². The van der Waals surface area contributed by atoms with Crippen LogP contribution in [0.25, 0.3) is 0 Å². The van der Waals surface area contributed by atoms with Crippen LogP contribution in [0.5, 0.6) is 0 Å². The normalized spacial score (nSPS) is 9.90. The quantitative estimate of drug-likeness (QED) is 0.692. The number of halogens is 2. The highest BCUT2D eigenvalue weighted by atomic mass is 79.9. The van der Waals surface area contributed by atoms with Crippen molar-refractivity contribution in [3.05, 3.63) is 34.1 Å². The predicted molar refractivity (Wildman–Crippen MR) is 46.8 cm³/mol. The van der Waals surface area contributed by atoms with E-state index in [1.54, 1.807) is 0 Å². The summed E-state index contributed by atoms with van der Waals surface area (Å²) in [7, 11) is 0. The highest BCUT2D eigenvalue weighted by molar-refractivity contribution is 9.10. The van der Waals surface area contributed by atoms with E-state index in [1.165, 1.54) is 12.1 Å². The van der Waals surface area contributed by atoms with E-state index < -0.39 is 0 Å². The van der Waals surface area contributed by atoms with Gasteiger partial charge in [0.15, 0.2) is 0 Å². The molecule has 0 heterocycles. The van der Waals surface area contributed by atoms with Gasteiger partial charge in [-0.3, -0.25) is 0 Å². The molecule has 0 radical (unpaired) electrons. The van der Waals surface area contributed by atoms with Crippen molar-refractivity contribution in [3.8, 4) is 0 Å². The summed E-state index contributed by atoms with van der Waals surface area (Å²) in [6.45, 7) is 0. The van der Waals surface area contributed by atoms with Crippen LogP contribution in [0, 0.1) is 5.82 Å². The minimum Gasteiger partial charge on any atom is -0.207 e. The number of hydrogen-bond donors (Lipinski definition) is 1. The van der Waals surface area contributed by atoms with Gasteiger partial charge in [0, 0.05) is 10.2 Å². The van der Waals surface area contributed by atoms with E-state index in [-0.39, 0.29) is 5.82 Å². The first-order valence-corrected chi connectivity index (χ1v) is 4.21. The zero-order valence-electron chi connectivity index (χ0n) is 5.14. The Morgan fingerprint density at radius 1 is 1.40 bits per heavy atom. The van der Waals surface area contributed by atoms with Crippen molar-refractivity contribution in [1.82, 2.24) is 0 Å². The van der Waals surface area contributed by atoms with Crippen LogP contribution in [0.3, 0.4) is 0 Å². The maximum Gasteiger partial charge on any atom is 0.124 e. The third-order valence-corrected chi connectivity index (χ3v) is 1.93. The van der Waals surface area contributed by atoms with Crippen molar-refractivity contribution in [1.29, 1.82) is 0 Å². The van der Waals surface area contributed by atoms with Crippen molar-refractivity contribution in [3.63, 3.8) is 0 Å². The fraction of sp³-hybridized carbons (Fsp3) is 0.143. The van der Waals surface area contributed by atoms with Crippen molar-refractivity contribution in [2.75, 3.05) is 0 Å². The number of thiol groups is 1. The van der Waals surface area contributed by atoms with Crippen molar-refractivity contribution < 1.29 is 4.39 Å². The van der Waals surface area contributed by atoms with Crippen LogP contribution in [-0.4, -0.2) is 0 Å². The van der Waals surface area contributed by atoms with Crippen molar-refractivity contribution in [2.24, 2.45) is 0 Å². The molecule has 0 amide bonds. The summed E-state index contributed by atoms with van der Waals surface area (Å²) in [5, 5.41) is 0. The molecular weight excluding hydrogens is 215 g/mol. The average molecular weight is 221 g/mol. The molecule has 0 aliphatic heterocycles. The Morgan fingerprint density at radius 2 is 2.10 bits per heavy atom. The molecule has 0 aliphatic carbocycles. The molecule has 1 rings (SSSR count). The summed E-state index contributed by atoms with van der Waals surface area (Å²) in [5.41, 5.74) is 0.884. The third kappa shape index (κ3) is 1.99. The van der Waals surface area contributed by atoms with Crippen LogP contribution in [0.1, 0.15) is 5.56 Å². The van der Waals surface area contributed by atoms with Gasteiger partial charge in [0.2, 0.25) is 0 Å². The summed E-state index contributed by atoms with van der Waals surface area (Å²) in [6, 6.07) is 4.74. The van der Waals surface area contributed by atoms with E-state index in [0.29, 0.717) is 5.75 Å².